The summed E-state index contributed by atoms with van der Waals surface area (Å²) in [6, 6.07) is 0.0926. The molecule has 1 aromatic heterocycles. The summed E-state index contributed by atoms with van der Waals surface area (Å²) < 4.78 is 30.0. The van der Waals surface area contributed by atoms with Gasteiger partial charge in [0.1, 0.15) is 4.90 Å². The zero-order chi connectivity index (χ0) is 15.2. The van der Waals surface area contributed by atoms with Crippen molar-refractivity contribution in [3.05, 3.63) is 11.4 Å². The van der Waals surface area contributed by atoms with Crippen molar-refractivity contribution < 1.29 is 13.5 Å². The van der Waals surface area contributed by atoms with Crippen LogP contribution in [0.5, 0.6) is 0 Å². The third-order valence-electron chi connectivity index (χ3n) is 4.45. The number of aliphatic hydroxyl groups excluding tert-OH is 1. The number of nitrogens with zero attached hydrogens (tertiary/aromatic N) is 2. The lowest BCUT2D eigenvalue weighted by Crippen LogP contribution is -2.38. The van der Waals surface area contributed by atoms with Crippen LogP contribution in [0, 0.1) is 25.7 Å². The van der Waals surface area contributed by atoms with Crippen molar-refractivity contribution in [2.75, 3.05) is 6.61 Å². The van der Waals surface area contributed by atoms with Crippen LogP contribution >= 0.6 is 0 Å². The Morgan fingerprint density at radius 1 is 1.29 bits per heavy atom. The van der Waals surface area contributed by atoms with Gasteiger partial charge in [0.05, 0.1) is 24.5 Å². The summed E-state index contributed by atoms with van der Waals surface area (Å²) in [6.07, 6.45) is 4.52. The number of rotatable bonds is 7. The smallest absolute Gasteiger partial charge is 0.244 e. The second-order valence-electron chi connectivity index (χ2n) is 6.27. The van der Waals surface area contributed by atoms with Gasteiger partial charge in [0.25, 0.3) is 0 Å². The number of nitrogens with one attached hydrogen (secondary N) is 1. The van der Waals surface area contributed by atoms with Gasteiger partial charge in [-0.15, -0.1) is 0 Å². The van der Waals surface area contributed by atoms with Crippen LogP contribution in [0.4, 0.5) is 0 Å². The van der Waals surface area contributed by atoms with Gasteiger partial charge in [-0.2, -0.15) is 5.10 Å². The van der Waals surface area contributed by atoms with Gasteiger partial charge in [-0.1, -0.05) is 0 Å². The van der Waals surface area contributed by atoms with Crippen LogP contribution < -0.4 is 4.72 Å². The van der Waals surface area contributed by atoms with Crippen molar-refractivity contribution in [1.29, 1.82) is 0 Å². The molecule has 1 aromatic rings. The Kier molecular flexibility index (Phi) is 3.83. The SMILES string of the molecule is Cc1nn(CCO)c(C)c1S(=O)(=O)NC(C1CC1)C1CC1. The molecule has 2 fully saturated rings. The minimum absolute atomic E-state index is 0.0539. The summed E-state index contributed by atoms with van der Waals surface area (Å²) in [5.41, 5.74) is 1.10. The van der Waals surface area contributed by atoms with Gasteiger partial charge >= 0.3 is 0 Å². The first-order valence-corrected chi connectivity index (χ1v) is 9.09. The van der Waals surface area contributed by atoms with Gasteiger partial charge in [-0.25, -0.2) is 13.1 Å². The fourth-order valence-corrected chi connectivity index (χ4v) is 4.89. The molecule has 2 N–H and O–H groups in total. The molecule has 0 radical (unpaired) electrons. The van der Waals surface area contributed by atoms with Crippen LogP contribution in [-0.4, -0.2) is 36.0 Å². The first kappa shape index (κ1) is 15.0. The average molecular weight is 313 g/mol. The molecule has 3 rings (SSSR count). The first-order chi connectivity index (χ1) is 9.94. The quantitative estimate of drug-likeness (QED) is 0.785. The fraction of sp³-hybridized carbons (Fsp3) is 0.786. The lowest BCUT2D eigenvalue weighted by atomic mass is 10.1. The summed E-state index contributed by atoms with van der Waals surface area (Å²) in [4.78, 5) is 0.280. The van der Waals surface area contributed by atoms with Gasteiger partial charge in [0.15, 0.2) is 0 Å². The number of aryl methyl sites for hydroxylation is 1. The van der Waals surface area contributed by atoms with Gasteiger partial charge < -0.3 is 5.11 Å². The van der Waals surface area contributed by atoms with Crippen LogP contribution in [-0.2, 0) is 16.6 Å². The van der Waals surface area contributed by atoms with E-state index in [1.807, 2.05) is 0 Å². The van der Waals surface area contributed by atoms with Crippen molar-refractivity contribution in [3.8, 4) is 0 Å². The second kappa shape index (κ2) is 5.37. The second-order valence-corrected chi connectivity index (χ2v) is 7.92. The van der Waals surface area contributed by atoms with Crippen molar-refractivity contribution in [3.63, 3.8) is 0 Å². The summed E-state index contributed by atoms with van der Waals surface area (Å²) in [5, 5.41) is 13.3. The highest BCUT2D eigenvalue weighted by Gasteiger charge is 2.44. The molecule has 7 heteroatoms. The van der Waals surface area contributed by atoms with Crippen molar-refractivity contribution in [2.45, 2.75) is 57.0 Å². The number of aromatic nitrogens is 2. The van der Waals surface area contributed by atoms with E-state index in [2.05, 4.69) is 9.82 Å². The van der Waals surface area contributed by atoms with Crippen LogP contribution in [0.2, 0.25) is 0 Å². The predicted octanol–water partition coefficient (Wildman–Crippen LogP) is 0.959. The van der Waals surface area contributed by atoms with Crippen molar-refractivity contribution in [1.82, 2.24) is 14.5 Å². The maximum Gasteiger partial charge on any atom is 0.244 e. The normalized spacial score (nSPS) is 19.4. The molecule has 21 heavy (non-hydrogen) atoms. The molecule has 0 atom stereocenters. The van der Waals surface area contributed by atoms with Gasteiger partial charge in [0.2, 0.25) is 10.0 Å². The summed E-state index contributed by atoms with van der Waals surface area (Å²) in [6.45, 7) is 3.71. The van der Waals surface area contributed by atoms with Gasteiger partial charge in [-0.3, -0.25) is 4.68 Å². The standard InChI is InChI=1S/C14H23N3O3S/c1-9-14(10(2)17(15-9)7-8-18)21(19,20)16-13(11-3-4-11)12-5-6-12/h11-13,16,18H,3-8H2,1-2H3. The molecule has 0 amide bonds. The van der Waals surface area contributed by atoms with E-state index in [-0.39, 0.29) is 17.5 Å². The molecule has 6 nitrogen and oxygen atoms in total. The molecule has 2 aliphatic carbocycles. The van der Waals surface area contributed by atoms with Crippen LogP contribution in [0.1, 0.15) is 37.1 Å². The van der Waals surface area contributed by atoms with E-state index in [0.717, 1.165) is 25.7 Å². The third kappa shape index (κ3) is 3.00. The minimum Gasteiger partial charge on any atom is -0.394 e. The van der Waals surface area contributed by atoms with Crippen molar-refractivity contribution >= 4 is 10.0 Å². The number of hydrogen-bond acceptors (Lipinski definition) is 4. The van der Waals surface area contributed by atoms with E-state index in [0.29, 0.717) is 29.8 Å². The Morgan fingerprint density at radius 2 is 1.86 bits per heavy atom. The molecule has 0 aliphatic heterocycles. The van der Waals surface area contributed by atoms with Crippen molar-refractivity contribution in [2.24, 2.45) is 11.8 Å². The molecule has 0 unspecified atom stereocenters. The highest BCUT2D eigenvalue weighted by molar-refractivity contribution is 7.89. The van der Waals surface area contributed by atoms with Crippen LogP contribution in [0.15, 0.2) is 4.90 Å². The Hall–Kier alpha value is -0.920. The molecule has 0 saturated heterocycles. The lowest BCUT2D eigenvalue weighted by molar-refractivity contribution is 0.267. The van der Waals surface area contributed by atoms with E-state index in [1.165, 1.54) is 0 Å². The van der Waals surface area contributed by atoms with E-state index in [4.69, 9.17) is 5.11 Å². The fourth-order valence-electron chi connectivity index (χ4n) is 3.11. The predicted molar refractivity (Wildman–Crippen MR) is 78.3 cm³/mol. The first-order valence-electron chi connectivity index (χ1n) is 7.61. The molecule has 0 spiro atoms. The monoisotopic (exact) mass is 313 g/mol. The van der Waals surface area contributed by atoms with Crippen LogP contribution in [0.25, 0.3) is 0 Å². The number of aliphatic hydroxyl groups is 1. The summed E-state index contributed by atoms with van der Waals surface area (Å²) in [5.74, 6) is 1.03. The Morgan fingerprint density at radius 3 is 2.33 bits per heavy atom. The molecular weight excluding hydrogens is 290 g/mol. The number of hydrogen-bond donors (Lipinski definition) is 2. The Balaban J connectivity index is 1.87. The van der Waals surface area contributed by atoms with E-state index < -0.39 is 10.0 Å². The Labute approximate surface area is 125 Å². The highest BCUT2D eigenvalue weighted by atomic mass is 32.2. The molecule has 118 valence electrons. The van der Waals surface area contributed by atoms with E-state index in [1.54, 1.807) is 18.5 Å². The minimum atomic E-state index is -3.54. The molecule has 2 saturated carbocycles. The highest BCUT2D eigenvalue weighted by Crippen LogP contribution is 2.45. The lowest BCUT2D eigenvalue weighted by Gasteiger charge is -2.18. The van der Waals surface area contributed by atoms with Gasteiger partial charge in [-0.05, 0) is 51.4 Å². The largest absolute Gasteiger partial charge is 0.394 e. The zero-order valence-electron chi connectivity index (χ0n) is 12.5. The third-order valence-corrected chi connectivity index (χ3v) is 6.16. The summed E-state index contributed by atoms with van der Waals surface area (Å²) >= 11 is 0. The summed E-state index contributed by atoms with van der Waals surface area (Å²) in [7, 11) is -3.54. The maximum absolute atomic E-state index is 12.7. The zero-order valence-corrected chi connectivity index (χ0v) is 13.4. The van der Waals surface area contributed by atoms with E-state index in [9.17, 15) is 8.42 Å². The topological polar surface area (TPSA) is 84.2 Å². The maximum atomic E-state index is 12.7. The molecule has 1 heterocycles. The van der Waals surface area contributed by atoms with Crippen LogP contribution in [0.3, 0.4) is 0 Å². The Bertz CT molecular complexity index is 618. The van der Waals surface area contributed by atoms with Gasteiger partial charge in [0, 0.05) is 6.04 Å². The molecule has 0 bridgehead atoms. The average Bonchev–Trinajstić information content (AvgIpc) is 3.27. The van der Waals surface area contributed by atoms with E-state index >= 15 is 0 Å². The molecular formula is C14H23N3O3S. The molecule has 0 aromatic carbocycles. The molecule has 2 aliphatic rings. The number of sulfonamides is 1.